The van der Waals surface area contributed by atoms with Crippen LogP contribution in [0.15, 0.2) is 38.7 Å². The van der Waals surface area contributed by atoms with Crippen LogP contribution < -0.4 is 17.1 Å². The van der Waals surface area contributed by atoms with Crippen molar-refractivity contribution in [2.75, 3.05) is 0 Å². The highest BCUT2D eigenvalue weighted by Gasteiger charge is 2.12. The Balaban J connectivity index is 3.65. The Labute approximate surface area is 104 Å². The van der Waals surface area contributed by atoms with Gasteiger partial charge < -0.3 is 0 Å². The van der Waals surface area contributed by atoms with E-state index >= 15 is 0 Å². The first-order valence-corrected chi connectivity index (χ1v) is 5.45. The molecule has 0 atom stereocenters. The van der Waals surface area contributed by atoms with Gasteiger partial charge in [0.2, 0.25) is 0 Å². The van der Waals surface area contributed by atoms with E-state index in [0.29, 0.717) is 11.1 Å². The number of rotatable bonds is 4. The fourth-order valence-corrected chi connectivity index (χ4v) is 1.56. The Hall–Kier alpha value is -2.11. The lowest BCUT2D eigenvalue weighted by Crippen LogP contribution is -2.53. The second-order valence-electron chi connectivity index (χ2n) is 4.49. The van der Waals surface area contributed by atoms with Crippen LogP contribution >= 0.6 is 0 Å². The summed E-state index contributed by atoms with van der Waals surface area (Å²) in [4.78, 5) is 35.7. The number of hydrogen-bond donors (Lipinski definition) is 0. The molecule has 0 amide bonds. The average molecular weight is 251 g/mol. The summed E-state index contributed by atoms with van der Waals surface area (Å²) in [5, 5.41) is 0. The van der Waals surface area contributed by atoms with Crippen molar-refractivity contribution < 1.29 is 0 Å². The molecule has 0 N–H and O–H groups in total. The zero-order chi connectivity index (χ0) is 14.0. The first-order valence-electron chi connectivity index (χ1n) is 5.45. The number of allylic oxidation sites excluding steroid dienone is 2. The zero-order valence-electron chi connectivity index (χ0n) is 10.9. The SMILES string of the molecule is C=C(C)Cn1c(=O)n(C)c(=O)n(CC(=C)C)c1=O. The maximum Gasteiger partial charge on any atom is 0.336 e. The van der Waals surface area contributed by atoms with E-state index in [1.165, 1.54) is 7.05 Å². The standard InChI is InChI=1S/C12H17N3O3/c1-8(2)6-14-10(16)13(5)11(17)15(12(14)18)7-9(3)4/h1,3,6-7H2,2,4-5H3. The lowest BCUT2D eigenvalue weighted by molar-refractivity contribution is 0.505. The molecule has 0 fully saturated rings. The minimum Gasteiger partial charge on any atom is -0.248 e. The molecule has 6 nitrogen and oxygen atoms in total. The molecule has 0 aliphatic carbocycles. The summed E-state index contributed by atoms with van der Waals surface area (Å²) < 4.78 is 2.90. The first-order chi connectivity index (χ1) is 8.25. The molecule has 1 rings (SSSR count). The second-order valence-corrected chi connectivity index (χ2v) is 4.49. The van der Waals surface area contributed by atoms with Gasteiger partial charge in [0.25, 0.3) is 0 Å². The summed E-state index contributed by atoms with van der Waals surface area (Å²) in [6.07, 6.45) is 0. The van der Waals surface area contributed by atoms with Gasteiger partial charge in [0, 0.05) is 7.05 Å². The Morgan fingerprint density at radius 2 is 1.22 bits per heavy atom. The molecule has 98 valence electrons. The van der Waals surface area contributed by atoms with Crippen molar-refractivity contribution in [2.45, 2.75) is 26.9 Å². The van der Waals surface area contributed by atoms with Crippen LogP contribution in [-0.4, -0.2) is 13.7 Å². The van der Waals surface area contributed by atoms with E-state index < -0.39 is 17.1 Å². The van der Waals surface area contributed by atoms with E-state index in [9.17, 15) is 14.4 Å². The molecule has 1 aromatic heterocycles. The van der Waals surface area contributed by atoms with Crippen LogP contribution in [0.1, 0.15) is 13.8 Å². The van der Waals surface area contributed by atoms with E-state index in [2.05, 4.69) is 13.2 Å². The Bertz CT molecular complexity index is 619. The van der Waals surface area contributed by atoms with Crippen LogP contribution in [0.4, 0.5) is 0 Å². The van der Waals surface area contributed by atoms with Gasteiger partial charge in [-0.15, -0.1) is 0 Å². The molecule has 0 spiro atoms. The van der Waals surface area contributed by atoms with Crippen molar-refractivity contribution in [1.82, 2.24) is 13.7 Å². The molecule has 0 bridgehead atoms. The number of hydrogen-bond acceptors (Lipinski definition) is 3. The van der Waals surface area contributed by atoms with Crippen molar-refractivity contribution in [3.63, 3.8) is 0 Å². The predicted molar refractivity (Wildman–Crippen MR) is 69.8 cm³/mol. The Morgan fingerprint density at radius 1 is 0.889 bits per heavy atom. The van der Waals surface area contributed by atoms with E-state index in [0.717, 1.165) is 13.7 Å². The van der Waals surface area contributed by atoms with Crippen LogP contribution in [0.2, 0.25) is 0 Å². The summed E-state index contributed by atoms with van der Waals surface area (Å²) in [5.41, 5.74) is -0.574. The molecule has 0 unspecified atom stereocenters. The topological polar surface area (TPSA) is 66.0 Å². The van der Waals surface area contributed by atoms with Gasteiger partial charge in [-0.1, -0.05) is 24.3 Å². The van der Waals surface area contributed by atoms with Gasteiger partial charge >= 0.3 is 17.1 Å². The predicted octanol–water partition coefficient (Wildman–Crippen LogP) is -0.139. The molecule has 0 saturated heterocycles. The molecule has 1 heterocycles. The lowest BCUT2D eigenvalue weighted by Gasteiger charge is -2.11. The maximum atomic E-state index is 12.1. The highest BCUT2D eigenvalue weighted by atomic mass is 16.2. The van der Waals surface area contributed by atoms with Gasteiger partial charge in [-0.05, 0) is 13.8 Å². The Morgan fingerprint density at radius 3 is 1.50 bits per heavy atom. The van der Waals surface area contributed by atoms with Crippen LogP contribution in [0.3, 0.4) is 0 Å². The second kappa shape index (κ2) is 5.03. The van der Waals surface area contributed by atoms with Gasteiger partial charge in [-0.2, -0.15) is 0 Å². The quantitative estimate of drug-likeness (QED) is 0.700. The molecular formula is C12H17N3O3. The third-order valence-corrected chi connectivity index (χ3v) is 2.35. The minimum atomic E-state index is -0.633. The molecule has 1 aromatic rings. The van der Waals surface area contributed by atoms with Gasteiger partial charge in [-0.3, -0.25) is 0 Å². The van der Waals surface area contributed by atoms with E-state index in [4.69, 9.17) is 0 Å². The molecule has 0 aromatic carbocycles. The van der Waals surface area contributed by atoms with E-state index in [1.54, 1.807) is 13.8 Å². The van der Waals surface area contributed by atoms with Gasteiger partial charge in [0.05, 0.1) is 13.1 Å². The van der Waals surface area contributed by atoms with E-state index in [1.807, 2.05) is 0 Å². The lowest BCUT2D eigenvalue weighted by atomic mass is 10.3. The first kappa shape index (κ1) is 14.0. The summed E-state index contributed by atoms with van der Waals surface area (Å²) in [7, 11) is 1.34. The fraction of sp³-hybridized carbons (Fsp3) is 0.417. The van der Waals surface area contributed by atoms with Crippen molar-refractivity contribution in [2.24, 2.45) is 7.05 Å². The average Bonchev–Trinajstić information content (AvgIpc) is 2.27. The molecule has 0 aliphatic heterocycles. The van der Waals surface area contributed by atoms with Crippen molar-refractivity contribution >= 4 is 0 Å². The summed E-state index contributed by atoms with van der Waals surface area (Å²) in [5.74, 6) is 0. The number of nitrogens with zero attached hydrogens (tertiary/aromatic N) is 3. The number of aromatic nitrogens is 3. The summed E-state index contributed by atoms with van der Waals surface area (Å²) >= 11 is 0. The third-order valence-electron chi connectivity index (χ3n) is 2.35. The Kier molecular flexibility index (Phi) is 3.90. The molecular weight excluding hydrogens is 234 g/mol. The molecule has 18 heavy (non-hydrogen) atoms. The molecule has 0 radical (unpaired) electrons. The van der Waals surface area contributed by atoms with Crippen LogP contribution in [0.5, 0.6) is 0 Å². The summed E-state index contributed by atoms with van der Waals surface area (Å²) in [6, 6.07) is 0. The van der Waals surface area contributed by atoms with Crippen LogP contribution in [0.25, 0.3) is 0 Å². The minimum absolute atomic E-state index is 0.0992. The van der Waals surface area contributed by atoms with Gasteiger partial charge in [0.15, 0.2) is 0 Å². The highest BCUT2D eigenvalue weighted by molar-refractivity contribution is 4.94. The van der Waals surface area contributed by atoms with Gasteiger partial charge in [0.1, 0.15) is 0 Å². The largest absolute Gasteiger partial charge is 0.336 e. The fourth-order valence-electron chi connectivity index (χ4n) is 1.56. The van der Waals surface area contributed by atoms with Crippen LogP contribution in [0, 0.1) is 0 Å². The van der Waals surface area contributed by atoms with Crippen molar-refractivity contribution in [1.29, 1.82) is 0 Å². The highest BCUT2D eigenvalue weighted by Crippen LogP contribution is 1.90. The maximum absolute atomic E-state index is 12.1. The smallest absolute Gasteiger partial charge is 0.248 e. The van der Waals surface area contributed by atoms with Crippen LogP contribution in [-0.2, 0) is 20.1 Å². The molecule has 0 saturated carbocycles. The zero-order valence-corrected chi connectivity index (χ0v) is 10.9. The summed E-state index contributed by atoms with van der Waals surface area (Å²) in [6.45, 7) is 10.9. The van der Waals surface area contributed by atoms with Crippen molar-refractivity contribution in [3.05, 3.63) is 55.8 Å². The van der Waals surface area contributed by atoms with Crippen molar-refractivity contribution in [3.8, 4) is 0 Å². The monoisotopic (exact) mass is 251 g/mol. The third kappa shape index (κ3) is 2.58. The molecule has 6 heteroatoms. The normalized spacial score (nSPS) is 10.4. The van der Waals surface area contributed by atoms with Gasteiger partial charge in [-0.25, -0.2) is 28.1 Å². The molecule has 0 aliphatic rings. The van der Waals surface area contributed by atoms with E-state index in [-0.39, 0.29) is 13.1 Å².